The Morgan fingerprint density at radius 1 is 0.923 bits per heavy atom. The van der Waals surface area contributed by atoms with E-state index >= 15 is 0 Å². The van der Waals surface area contributed by atoms with Crippen LogP contribution < -0.4 is 10.6 Å². The van der Waals surface area contributed by atoms with Crippen LogP contribution >= 0.6 is 34.8 Å². The van der Waals surface area contributed by atoms with E-state index in [-0.39, 0.29) is 24.1 Å². The number of hydrogen-bond donors (Lipinski definition) is 3. The number of aromatic hydroxyl groups is 1. The maximum atomic E-state index is 13.3. The van der Waals surface area contributed by atoms with E-state index in [9.17, 15) is 14.7 Å². The average Bonchev–Trinajstić information content (AvgIpc) is 3.61. The lowest BCUT2D eigenvalue weighted by atomic mass is 10.0. The number of amides is 2. The Morgan fingerprint density at radius 3 is 2.44 bits per heavy atom. The Bertz CT molecular complexity index is 1550. The number of phenols is 1. The summed E-state index contributed by atoms with van der Waals surface area (Å²) in [5, 5.41) is 22.2. The first-order valence-corrected chi connectivity index (χ1v) is 13.6. The van der Waals surface area contributed by atoms with E-state index in [4.69, 9.17) is 34.8 Å². The molecule has 0 saturated heterocycles. The fourth-order valence-electron chi connectivity index (χ4n) is 4.77. The van der Waals surface area contributed by atoms with Crippen molar-refractivity contribution in [3.8, 4) is 17.0 Å². The zero-order chi connectivity index (χ0) is 27.5. The minimum atomic E-state index is -0.392. The summed E-state index contributed by atoms with van der Waals surface area (Å²) in [6.45, 7) is 0.240. The van der Waals surface area contributed by atoms with Gasteiger partial charge in [-0.1, -0.05) is 65.8 Å². The Balaban J connectivity index is 1.42. The van der Waals surface area contributed by atoms with Gasteiger partial charge in [0.15, 0.2) is 0 Å². The Hall–Kier alpha value is -3.52. The monoisotopic (exact) mass is 582 g/mol. The van der Waals surface area contributed by atoms with Gasteiger partial charge in [0.25, 0.3) is 5.91 Å². The van der Waals surface area contributed by atoms with Gasteiger partial charge in [0.2, 0.25) is 0 Å². The van der Waals surface area contributed by atoms with E-state index in [1.165, 1.54) is 10.7 Å². The molecule has 5 rings (SSSR count). The molecule has 3 N–H and O–H groups in total. The lowest BCUT2D eigenvalue weighted by Crippen LogP contribution is -2.30. The highest BCUT2D eigenvalue weighted by atomic mass is 35.5. The van der Waals surface area contributed by atoms with Crippen molar-refractivity contribution in [1.29, 1.82) is 0 Å². The van der Waals surface area contributed by atoms with Gasteiger partial charge in [-0.15, -0.1) is 0 Å². The van der Waals surface area contributed by atoms with Gasteiger partial charge < -0.3 is 15.7 Å². The normalized spacial score (nSPS) is 13.4. The molecule has 200 valence electrons. The molecule has 1 aliphatic carbocycles. The number of phenolic OH excluding ortho intramolecular Hbond substituents is 1. The second kappa shape index (κ2) is 11.7. The molecule has 0 radical (unpaired) electrons. The van der Waals surface area contributed by atoms with Gasteiger partial charge in [0.1, 0.15) is 5.75 Å². The molecule has 0 unspecified atom stereocenters. The summed E-state index contributed by atoms with van der Waals surface area (Å²) in [4.78, 5) is 26.0. The lowest BCUT2D eigenvalue weighted by molar-refractivity contribution is 0.102. The van der Waals surface area contributed by atoms with Crippen molar-refractivity contribution < 1.29 is 14.7 Å². The molecule has 1 aromatic heterocycles. The highest BCUT2D eigenvalue weighted by molar-refractivity contribution is 6.42. The molecule has 7 nitrogen and oxygen atoms in total. The fraction of sp³-hybridized carbons (Fsp3) is 0.207. The number of benzene rings is 3. The molecule has 1 saturated carbocycles. The quantitative estimate of drug-likeness (QED) is 0.201. The standard InChI is InChI=1S/C29H25Cl3N4O3/c30-22-8-4-3-7-20(22)28(38)34-19-10-12-27(37)21(14-19)25-15-26(18-5-1-2-6-18)36(35-25)29(39)33-16-17-9-11-23(31)24(32)13-17/h3-4,7-15,18,37H,1-2,5-6,16H2,(H,33,39)(H,34,38). The second-order valence-electron chi connectivity index (χ2n) is 9.42. The van der Waals surface area contributed by atoms with Crippen LogP contribution in [0.1, 0.15) is 53.2 Å². The van der Waals surface area contributed by atoms with Gasteiger partial charge in [-0.3, -0.25) is 4.79 Å². The van der Waals surface area contributed by atoms with Gasteiger partial charge in [0.05, 0.1) is 32.0 Å². The fourth-order valence-corrected chi connectivity index (χ4v) is 5.31. The molecule has 0 spiro atoms. The molecule has 0 atom stereocenters. The zero-order valence-electron chi connectivity index (χ0n) is 20.8. The summed E-state index contributed by atoms with van der Waals surface area (Å²) >= 11 is 18.3. The number of hydrogen-bond acceptors (Lipinski definition) is 4. The summed E-state index contributed by atoms with van der Waals surface area (Å²) in [5.74, 6) is -0.229. The van der Waals surface area contributed by atoms with Crippen molar-refractivity contribution in [3.05, 3.63) is 98.6 Å². The predicted molar refractivity (Wildman–Crippen MR) is 154 cm³/mol. The maximum Gasteiger partial charge on any atom is 0.342 e. The third-order valence-electron chi connectivity index (χ3n) is 6.78. The lowest BCUT2D eigenvalue weighted by Gasteiger charge is -2.12. The van der Waals surface area contributed by atoms with Crippen LogP contribution in [0.15, 0.2) is 66.7 Å². The molecule has 0 bridgehead atoms. The highest BCUT2D eigenvalue weighted by Crippen LogP contribution is 2.38. The summed E-state index contributed by atoms with van der Waals surface area (Å²) < 4.78 is 1.37. The average molecular weight is 584 g/mol. The first-order valence-electron chi connectivity index (χ1n) is 12.5. The number of carbonyl (C=O) groups excluding carboxylic acids is 2. The van der Waals surface area contributed by atoms with Crippen LogP contribution in [0.2, 0.25) is 15.1 Å². The van der Waals surface area contributed by atoms with Crippen LogP contribution in [0.3, 0.4) is 0 Å². The van der Waals surface area contributed by atoms with E-state index in [1.807, 2.05) is 6.07 Å². The first-order chi connectivity index (χ1) is 18.8. The van der Waals surface area contributed by atoms with Crippen molar-refractivity contribution >= 4 is 52.4 Å². The van der Waals surface area contributed by atoms with E-state index in [0.717, 1.165) is 36.9 Å². The third-order valence-corrected chi connectivity index (χ3v) is 7.85. The first kappa shape index (κ1) is 27.1. The molecule has 39 heavy (non-hydrogen) atoms. The minimum Gasteiger partial charge on any atom is -0.507 e. The number of nitrogens with zero attached hydrogens (tertiary/aromatic N) is 2. The Labute approximate surface area is 240 Å². The topological polar surface area (TPSA) is 96.2 Å². The number of aromatic nitrogens is 2. The summed E-state index contributed by atoms with van der Waals surface area (Å²) in [7, 11) is 0. The molecule has 10 heteroatoms. The van der Waals surface area contributed by atoms with E-state index < -0.39 is 6.03 Å². The van der Waals surface area contributed by atoms with E-state index in [1.54, 1.807) is 54.6 Å². The second-order valence-corrected chi connectivity index (χ2v) is 10.6. The minimum absolute atomic E-state index is 0.0235. The number of carbonyl (C=O) groups is 2. The molecule has 4 aromatic rings. The van der Waals surface area contributed by atoms with Gasteiger partial charge in [-0.05, 0) is 66.9 Å². The van der Waals surface area contributed by atoms with Crippen molar-refractivity contribution in [2.75, 3.05) is 5.32 Å². The summed E-state index contributed by atoms with van der Waals surface area (Å²) in [5.41, 5.74) is 3.18. The molecule has 2 amide bonds. The molecule has 0 aliphatic heterocycles. The van der Waals surface area contributed by atoms with Gasteiger partial charge >= 0.3 is 6.03 Å². The number of anilines is 1. The number of nitrogens with one attached hydrogen (secondary N) is 2. The Kier molecular flexibility index (Phi) is 8.12. The summed E-state index contributed by atoms with van der Waals surface area (Å²) in [6.07, 6.45) is 4.05. The zero-order valence-corrected chi connectivity index (χ0v) is 23.0. The molecule has 3 aromatic carbocycles. The molecule has 1 fully saturated rings. The van der Waals surface area contributed by atoms with Crippen molar-refractivity contribution in [2.45, 2.75) is 38.1 Å². The highest BCUT2D eigenvalue weighted by Gasteiger charge is 2.26. The third kappa shape index (κ3) is 6.06. The van der Waals surface area contributed by atoms with Crippen LogP contribution in [0.5, 0.6) is 5.75 Å². The smallest absolute Gasteiger partial charge is 0.342 e. The van der Waals surface area contributed by atoms with Gasteiger partial charge in [-0.2, -0.15) is 9.78 Å². The number of rotatable bonds is 6. The van der Waals surface area contributed by atoms with Crippen LogP contribution in [-0.4, -0.2) is 26.8 Å². The van der Waals surface area contributed by atoms with Gasteiger partial charge in [-0.25, -0.2) is 4.79 Å². The predicted octanol–water partition coefficient (Wildman–Crippen LogP) is 7.88. The van der Waals surface area contributed by atoms with Crippen molar-refractivity contribution in [2.24, 2.45) is 0 Å². The summed E-state index contributed by atoms with van der Waals surface area (Å²) in [6, 6.07) is 18.1. The van der Waals surface area contributed by atoms with Crippen molar-refractivity contribution in [3.63, 3.8) is 0 Å². The SMILES string of the molecule is O=C(Nc1ccc(O)c(-c2cc(C3CCCC3)n(C(=O)NCc3ccc(Cl)c(Cl)c3)n2)c1)c1ccccc1Cl. The maximum absolute atomic E-state index is 13.3. The molecular formula is C29H25Cl3N4O3. The van der Waals surface area contributed by atoms with Crippen LogP contribution in [0, 0.1) is 0 Å². The van der Waals surface area contributed by atoms with Gasteiger partial charge in [0, 0.05) is 23.7 Å². The Morgan fingerprint density at radius 2 is 1.69 bits per heavy atom. The van der Waals surface area contributed by atoms with Crippen LogP contribution in [-0.2, 0) is 6.54 Å². The largest absolute Gasteiger partial charge is 0.507 e. The van der Waals surface area contributed by atoms with E-state index in [0.29, 0.717) is 37.6 Å². The van der Waals surface area contributed by atoms with Crippen molar-refractivity contribution in [1.82, 2.24) is 15.1 Å². The molecule has 1 heterocycles. The number of halogens is 3. The van der Waals surface area contributed by atoms with E-state index in [2.05, 4.69) is 15.7 Å². The molecular weight excluding hydrogens is 559 g/mol. The molecule has 1 aliphatic rings. The van der Waals surface area contributed by atoms with Crippen LogP contribution in [0.4, 0.5) is 10.5 Å². The van der Waals surface area contributed by atoms with Crippen LogP contribution in [0.25, 0.3) is 11.3 Å².